The highest BCUT2D eigenvalue weighted by molar-refractivity contribution is 7.91. The molecule has 5 aliphatic rings. The van der Waals surface area contributed by atoms with Crippen molar-refractivity contribution in [2.45, 2.75) is 126 Å². The van der Waals surface area contributed by atoms with Gasteiger partial charge in [-0.1, -0.05) is 37.1 Å². The number of nitrogens with zero attached hydrogens (tertiary/aromatic N) is 2. The van der Waals surface area contributed by atoms with Gasteiger partial charge in [0.1, 0.15) is 35.1 Å². The predicted octanol–water partition coefficient (Wildman–Crippen LogP) is 3.50. The van der Waals surface area contributed by atoms with Gasteiger partial charge in [0.15, 0.2) is 5.88 Å². The lowest BCUT2D eigenvalue weighted by Gasteiger charge is -2.30. The number of benzene rings is 1. The van der Waals surface area contributed by atoms with Crippen LogP contribution in [0.5, 0.6) is 0 Å². The maximum Gasteiger partial charge on any atom is 0.408 e. The van der Waals surface area contributed by atoms with Crippen LogP contribution in [0.25, 0.3) is 0 Å². The summed E-state index contributed by atoms with van der Waals surface area (Å²) in [6.45, 7) is 9.82. The van der Waals surface area contributed by atoms with Crippen molar-refractivity contribution in [3.8, 4) is 0 Å². The standard InChI is InChI=1S/C36H48FN5O8S/c1-22(41-19-23-11-10-13-28(37)27(23)21-41)49-25-17-30-31(43)39-36(33(45)40-51(47,48)26-15-16-26)18-24(36)12-8-6-5-7-9-14-29(32(44)42(30)20-25)38-34(46)50-35(2,3)4/h8,10-13,24-26,29-30H,1,5-7,9,14-21H2,2-4H3,(H,38,46)(H,39,43)(H,40,45)/b12-8-/t24-,25-,29+,30+,36-/m1/s1. The van der Waals surface area contributed by atoms with Crippen molar-refractivity contribution in [3.05, 3.63) is 59.8 Å². The second-order valence-corrected chi connectivity index (χ2v) is 17.3. The van der Waals surface area contributed by atoms with Gasteiger partial charge >= 0.3 is 6.09 Å². The number of fused-ring (bicyclic) bond motifs is 3. The van der Waals surface area contributed by atoms with Gasteiger partial charge < -0.3 is 29.9 Å². The van der Waals surface area contributed by atoms with Crippen LogP contribution in [0.1, 0.15) is 89.7 Å². The van der Waals surface area contributed by atoms with E-state index in [0.717, 1.165) is 18.4 Å². The molecule has 0 radical (unpaired) electrons. The topological polar surface area (TPSA) is 163 Å². The van der Waals surface area contributed by atoms with Crippen LogP contribution in [0.4, 0.5) is 9.18 Å². The average molecular weight is 730 g/mol. The monoisotopic (exact) mass is 729 g/mol. The van der Waals surface area contributed by atoms with Crippen molar-refractivity contribution in [2.24, 2.45) is 5.92 Å². The van der Waals surface area contributed by atoms with Crippen molar-refractivity contribution < 1.29 is 41.5 Å². The number of rotatable bonds is 7. The molecular weight excluding hydrogens is 681 g/mol. The molecule has 0 bridgehead atoms. The first kappa shape index (κ1) is 36.6. The third-order valence-corrected chi connectivity index (χ3v) is 11.9. The molecule has 51 heavy (non-hydrogen) atoms. The molecule has 3 N–H and O–H groups in total. The molecule has 1 aromatic rings. The van der Waals surface area contributed by atoms with Crippen LogP contribution in [-0.2, 0) is 47.0 Å². The zero-order valence-corrected chi connectivity index (χ0v) is 30.2. The Hall–Kier alpha value is -4.14. The van der Waals surface area contributed by atoms with Gasteiger partial charge in [-0.05, 0) is 77.5 Å². The van der Waals surface area contributed by atoms with Crippen molar-refractivity contribution in [3.63, 3.8) is 0 Å². The Labute approximate surface area is 298 Å². The number of hydrogen-bond donors (Lipinski definition) is 3. The summed E-state index contributed by atoms with van der Waals surface area (Å²) in [7, 11) is -3.89. The minimum atomic E-state index is -3.89. The van der Waals surface area contributed by atoms with Crippen LogP contribution in [0.2, 0.25) is 0 Å². The summed E-state index contributed by atoms with van der Waals surface area (Å²) in [4.78, 5) is 58.2. The molecule has 1 saturated heterocycles. The number of alkyl carbamates (subject to hydrolysis) is 1. The Morgan fingerprint density at radius 2 is 1.86 bits per heavy atom. The molecule has 1 aromatic carbocycles. The van der Waals surface area contributed by atoms with E-state index in [-0.39, 0.29) is 37.6 Å². The summed E-state index contributed by atoms with van der Waals surface area (Å²) in [5.74, 6) is -2.46. The van der Waals surface area contributed by atoms with Gasteiger partial charge in [0.25, 0.3) is 5.91 Å². The molecular formula is C36H48FN5O8S. The van der Waals surface area contributed by atoms with Gasteiger partial charge in [0.05, 0.1) is 11.8 Å². The van der Waals surface area contributed by atoms with Gasteiger partial charge in [-0.3, -0.25) is 19.1 Å². The molecule has 3 heterocycles. The smallest absolute Gasteiger partial charge is 0.408 e. The number of ether oxygens (including phenoxy) is 2. The highest BCUT2D eigenvalue weighted by atomic mass is 32.2. The van der Waals surface area contributed by atoms with E-state index < -0.39 is 74.3 Å². The van der Waals surface area contributed by atoms with E-state index in [1.54, 1.807) is 31.7 Å². The van der Waals surface area contributed by atoms with E-state index in [1.165, 1.54) is 11.0 Å². The lowest BCUT2D eigenvalue weighted by molar-refractivity contribution is -0.141. The third-order valence-electron chi connectivity index (χ3n) is 10.1. The van der Waals surface area contributed by atoms with Crippen molar-refractivity contribution in [2.75, 3.05) is 6.54 Å². The number of amides is 4. The zero-order chi connectivity index (χ0) is 36.7. The molecule has 0 aromatic heterocycles. The van der Waals surface area contributed by atoms with E-state index in [0.29, 0.717) is 44.2 Å². The highest BCUT2D eigenvalue weighted by Crippen LogP contribution is 2.46. The van der Waals surface area contributed by atoms with E-state index in [2.05, 4.69) is 21.9 Å². The Morgan fingerprint density at radius 3 is 2.57 bits per heavy atom. The maximum absolute atomic E-state index is 14.5. The molecule has 15 heteroatoms. The lowest BCUT2D eigenvalue weighted by Crippen LogP contribution is -2.58. The molecule has 13 nitrogen and oxygen atoms in total. The average Bonchev–Trinajstić information content (AvgIpc) is 3.93. The number of carbonyl (C=O) groups excluding carboxylic acids is 4. The second-order valence-electron chi connectivity index (χ2n) is 15.3. The summed E-state index contributed by atoms with van der Waals surface area (Å²) >= 11 is 0. The Kier molecular flexibility index (Phi) is 10.1. The van der Waals surface area contributed by atoms with Gasteiger partial charge in [-0.2, -0.15) is 0 Å². The number of halogens is 1. The molecule has 0 unspecified atom stereocenters. The minimum absolute atomic E-state index is 0.0312. The first-order chi connectivity index (χ1) is 24.1. The minimum Gasteiger partial charge on any atom is -0.474 e. The predicted molar refractivity (Wildman–Crippen MR) is 184 cm³/mol. The fraction of sp³-hybridized carbons (Fsp3) is 0.611. The third kappa shape index (κ3) is 8.34. The molecule has 278 valence electrons. The number of hydrogen-bond acceptors (Lipinski definition) is 9. The fourth-order valence-electron chi connectivity index (χ4n) is 7.12. The van der Waals surface area contributed by atoms with Crippen LogP contribution in [0.15, 0.2) is 42.8 Å². The SMILES string of the molecule is C=C(O[C@@H]1C[C@H]2C(=O)N[C@]3(C(=O)NS(=O)(=O)C4CC4)C[C@H]3/C=C\CCCCC[C@H](NC(=O)OC(C)(C)C)C(=O)N2C1)N1Cc2cccc(F)c2C1. The fourth-order valence-corrected chi connectivity index (χ4v) is 8.49. The van der Waals surface area contributed by atoms with Crippen molar-refractivity contribution in [1.29, 1.82) is 0 Å². The number of sulfonamides is 1. The summed E-state index contributed by atoms with van der Waals surface area (Å²) < 4.78 is 53.9. The van der Waals surface area contributed by atoms with Gasteiger partial charge in [-0.25, -0.2) is 17.6 Å². The first-order valence-corrected chi connectivity index (χ1v) is 19.3. The Morgan fingerprint density at radius 1 is 1.10 bits per heavy atom. The summed E-state index contributed by atoms with van der Waals surface area (Å²) in [5.41, 5.74) is -0.959. The number of allylic oxidation sites excluding steroid dienone is 1. The molecule has 2 saturated carbocycles. The molecule has 2 aliphatic carbocycles. The number of carbonyl (C=O) groups is 4. The Bertz CT molecular complexity index is 1720. The first-order valence-electron chi connectivity index (χ1n) is 17.8. The van der Waals surface area contributed by atoms with Crippen molar-refractivity contribution in [1.82, 2.24) is 25.2 Å². The second kappa shape index (κ2) is 14.1. The van der Waals surface area contributed by atoms with Crippen molar-refractivity contribution >= 4 is 33.8 Å². The molecule has 4 amide bonds. The van der Waals surface area contributed by atoms with Crippen LogP contribution in [-0.4, -0.2) is 83.2 Å². The number of nitrogens with one attached hydrogen (secondary N) is 3. The Balaban J connectivity index is 1.25. The quantitative estimate of drug-likeness (QED) is 0.282. The zero-order valence-electron chi connectivity index (χ0n) is 29.4. The normalized spacial score (nSPS) is 28.9. The highest BCUT2D eigenvalue weighted by Gasteiger charge is 2.62. The largest absolute Gasteiger partial charge is 0.474 e. The van der Waals surface area contributed by atoms with E-state index in [4.69, 9.17) is 9.47 Å². The maximum atomic E-state index is 14.5. The van der Waals surface area contributed by atoms with Crippen LogP contribution in [0, 0.1) is 11.7 Å². The lowest BCUT2D eigenvalue weighted by atomic mass is 10.0. The van der Waals surface area contributed by atoms with Crippen LogP contribution < -0.4 is 15.4 Å². The van der Waals surface area contributed by atoms with Gasteiger partial charge in [-0.15, -0.1) is 0 Å². The van der Waals surface area contributed by atoms with E-state index >= 15 is 0 Å². The van der Waals surface area contributed by atoms with Crippen LogP contribution in [0.3, 0.4) is 0 Å². The van der Waals surface area contributed by atoms with E-state index in [9.17, 15) is 32.0 Å². The molecule has 0 spiro atoms. The molecule has 3 aliphatic heterocycles. The van der Waals surface area contributed by atoms with Crippen LogP contribution >= 0.6 is 0 Å². The van der Waals surface area contributed by atoms with Gasteiger partial charge in [0.2, 0.25) is 21.8 Å². The molecule has 6 rings (SSSR count). The summed E-state index contributed by atoms with van der Waals surface area (Å²) in [6, 6.07) is 2.75. The van der Waals surface area contributed by atoms with E-state index in [1.807, 2.05) is 18.2 Å². The summed E-state index contributed by atoms with van der Waals surface area (Å²) in [5, 5.41) is 4.92. The van der Waals surface area contributed by atoms with Gasteiger partial charge in [0, 0.05) is 31.0 Å². The molecule has 3 fully saturated rings. The molecule has 5 atom stereocenters. The summed E-state index contributed by atoms with van der Waals surface area (Å²) in [6.07, 6.45) is 6.62.